The Bertz CT molecular complexity index is 673. The van der Waals surface area contributed by atoms with Crippen LogP contribution in [0.3, 0.4) is 0 Å². The summed E-state index contributed by atoms with van der Waals surface area (Å²) in [4.78, 5) is 17.9. The van der Waals surface area contributed by atoms with Gasteiger partial charge in [-0.1, -0.05) is 23.8 Å². The van der Waals surface area contributed by atoms with Crippen molar-refractivity contribution in [3.8, 4) is 0 Å². The van der Waals surface area contributed by atoms with E-state index in [1.165, 1.54) is 11.6 Å². The van der Waals surface area contributed by atoms with Crippen LogP contribution in [0.5, 0.6) is 0 Å². The molecule has 1 aromatic carbocycles. The molecule has 0 atom stereocenters. The van der Waals surface area contributed by atoms with Gasteiger partial charge in [0.05, 0.1) is 6.21 Å². The molecule has 0 radical (unpaired) electrons. The molecular formula is C14H16N4O. The van der Waals surface area contributed by atoms with E-state index in [-0.39, 0.29) is 5.56 Å². The first-order valence-electron chi connectivity index (χ1n) is 5.99. The fourth-order valence-electron chi connectivity index (χ4n) is 1.69. The Kier molecular flexibility index (Phi) is 3.75. The van der Waals surface area contributed by atoms with Crippen molar-refractivity contribution in [2.24, 2.45) is 5.10 Å². The Balaban J connectivity index is 2.15. The number of aryl methyl sites for hydroxylation is 3. The second-order valence-corrected chi connectivity index (χ2v) is 4.47. The minimum absolute atomic E-state index is 0.197. The summed E-state index contributed by atoms with van der Waals surface area (Å²) in [6.45, 7) is 5.81. The first kappa shape index (κ1) is 13.0. The number of hydrogen-bond acceptors (Lipinski definition) is 4. The molecule has 5 heteroatoms. The van der Waals surface area contributed by atoms with Crippen molar-refractivity contribution in [2.75, 3.05) is 5.43 Å². The number of H-pyrrole nitrogens is 1. The van der Waals surface area contributed by atoms with Gasteiger partial charge in [0.15, 0.2) is 0 Å². The van der Waals surface area contributed by atoms with Gasteiger partial charge in [0, 0.05) is 11.8 Å². The Hall–Kier alpha value is -2.43. The summed E-state index contributed by atoms with van der Waals surface area (Å²) >= 11 is 0. The van der Waals surface area contributed by atoms with E-state index in [2.05, 4.69) is 26.6 Å². The van der Waals surface area contributed by atoms with Crippen LogP contribution in [0.25, 0.3) is 0 Å². The molecule has 19 heavy (non-hydrogen) atoms. The van der Waals surface area contributed by atoms with Gasteiger partial charge >= 0.3 is 0 Å². The van der Waals surface area contributed by atoms with E-state index >= 15 is 0 Å². The minimum atomic E-state index is -0.197. The maximum Gasteiger partial charge on any atom is 0.252 e. The van der Waals surface area contributed by atoms with Crippen LogP contribution in [-0.2, 0) is 0 Å². The highest BCUT2D eigenvalue weighted by molar-refractivity contribution is 5.82. The fourth-order valence-corrected chi connectivity index (χ4v) is 1.69. The van der Waals surface area contributed by atoms with Crippen molar-refractivity contribution in [1.82, 2.24) is 9.97 Å². The van der Waals surface area contributed by atoms with Crippen molar-refractivity contribution in [1.29, 1.82) is 0 Å². The molecule has 0 saturated carbocycles. The zero-order chi connectivity index (χ0) is 13.8. The lowest BCUT2D eigenvalue weighted by Gasteiger charge is -2.02. The standard InChI is InChI=1S/C14H16N4O/c1-9-4-5-10(2)12(6-9)8-15-18-14-16-11(3)7-13(19)17-14/h4-8H,1-3H3,(H2,16,17,18,19). The molecule has 2 aromatic rings. The second-order valence-electron chi connectivity index (χ2n) is 4.47. The van der Waals surface area contributed by atoms with Gasteiger partial charge in [0.2, 0.25) is 5.95 Å². The molecule has 2 N–H and O–H groups in total. The summed E-state index contributed by atoms with van der Waals surface area (Å²) in [5, 5.41) is 4.09. The predicted molar refractivity (Wildman–Crippen MR) is 76.7 cm³/mol. The number of anilines is 1. The van der Waals surface area contributed by atoms with E-state index in [1.807, 2.05) is 26.0 Å². The van der Waals surface area contributed by atoms with Gasteiger partial charge in [-0.05, 0) is 31.9 Å². The summed E-state index contributed by atoms with van der Waals surface area (Å²) in [6.07, 6.45) is 1.71. The highest BCUT2D eigenvalue weighted by Gasteiger charge is 1.97. The lowest BCUT2D eigenvalue weighted by atomic mass is 10.1. The third-order valence-electron chi connectivity index (χ3n) is 2.68. The summed E-state index contributed by atoms with van der Waals surface area (Å²) in [6, 6.07) is 7.58. The van der Waals surface area contributed by atoms with Crippen molar-refractivity contribution < 1.29 is 0 Å². The number of nitrogens with zero attached hydrogens (tertiary/aromatic N) is 2. The van der Waals surface area contributed by atoms with E-state index in [1.54, 1.807) is 13.1 Å². The van der Waals surface area contributed by atoms with Gasteiger partial charge in [-0.15, -0.1) is 0 Å². The average Bonchev–Trinajstić information content (AvgIpc) is 2.32. The summed E-state index contributed by atoms with van der Waals surface area (Å²) < 4.78 is 0. The van der Waals surface area contributed by atoms with E-state index < -0.39 is 0 Å². The van der Waals surface area contributed by atoms with Crippen molar-refractivity contribution >= 4 is 12.2 Å². The van der Waals surface area contributed by atoms with Gasteiger partial charge in [-0.2, -0.15) is 5.10 Å². The smallest absolute Gasteiger partial charge is 0.252 e. The topological polar surface area (TPSA) is 70.1 Å². The van der Waals surface area contributed by atoms with Gasteiger partial charge < -0.3 is 0 Å². The van der Waals surface area contributed by atoms with Crippen LogP contribution in [0, 0.1) is 20.8 Å². The largest absolute Gasteiger partial charge is 0.291 e. The number of aromatic nitrogens is 2. The quantitative estimate of drug-likeness (QED) is 0.653. The van der Waals surface area contributed by atoms with E-state index in [9.17, 15) is 4.79 Å². The minimum Gasteiger partial charge on any atom is -0.291 e. The first-order chi connectivity index (χ1) is 9.04. The SMILES string of the molecule is Cc1ccc(C)c(C=NNc2nc(C)cc(=O)[nH]2)c1. The maximum absolute atomic E-state index is 11.3. The Morgan fingerprint density at radius 1 is 1.26 bits per heavy atom. The molecule has 0 spiro atoms. The van der Waals surface area contributed by atoms with Crippen LogP contribution >= 0.6 is 0 Å². The Labute approximate surface area is 111 Å². The lowest BCUT2D eigenvalue weighted by molar-refractivity contribution is 1.04. The molecular weight excluding hydrogens is 240 g/mol. The molecule has 1 heterocycles. The monoisotopic (exact) mass is 256 g/mol. The fraction of sp³-hybridized carbons (Fsp3) is 0.214. The number of benzene rings is 1. The normalized spacial score (nSPS) is 10.9. The molecule has 0 fully saturated rings. The molecule has 5 nitrogen and oxygen atoms in total. The maximum atomic E-state index is 11.3. The molecule has 0 aliphatic carbocycles. The zero-order valence-electron chi connectivity index (χ0n) is 11.2. The molecule has 98 valence electrons. The van der Waals surface area contributed by atoms with Gasteiger partial charge in [-0.25, -0.2) is 10.4 Å². The number of nitrogens with one attached hydrogen (secondary N) is 2. The molecule has 0 aliphatic rings. The Morgan fingerprint density at radius 3 is 2.79 bits per heavy atom. The van der Waals surface area contributed by atoms with E-state index in [4.69, 9.17) is 0 Å². The third-order valence-corrected chi connectivity index (χ3v) is 2.68. The van der Waals surface area contributed by atoms with E-state index in [0.717, 1.165) is 11.1 Å². The van der Waals surface area contributed by atoms with Crippen LogP contribution in [0.4, 0.5) is 5.95 Å². The molecule has 2 rings (SSSR count). The van der Waals surface area contributed by atoms with E-state index in [0.29, 0.717) is 11.6 Å². The second kappa shape index (κ2) is 5.48. The van der Waals surface area contributed by atoms with Gasteiger partial charge in [0.25, 0.3) is 5.56 Å². The summed E-state index contributed by atoms with van der Waals surface area (Å²) in [7, 11) is 0. The molecule has 1 aromatic heterocycles. The Morgan fingerprint density at radius 2 is 2.05 bits per heavy atom. The van der Waals surface area contributed by atoms with Crippen LogP contribution < -0.4 is 11.0 Å². The zero-order valence-corrected chi connectivity index (χ0v) is 11.2. The first-order valence-corrected chi connectivity index (χ1v) is 5.99. The van der Waals surface area contributed by atoms with Crippen LogP contribution in [0.1, 0.15) is 22.4 Å². The lowest BCUT2D eigenvalue weighted by Crippen LogP contribution is -2.10. The average molecular weight is 256 g/mol. The van der Waals surface area contributed by atoms with Gasteiger partial charge in [0.1, 0.15) is 0 Å². The number of hydrazone groups is 1. The van der Waals surface area contributed by atoms with Crippen LogP contribution in [0.15, 0.2) is 34.2 Å². The highest BCUT2D eigenvalue weighted by Crippen LogP contribution is 2.08. The van der Waals surface area contributed by atoms with Crippen molar-refractivity contribution in [2.45, 2.75) is 20.8 Å². The van der Waals surface area contributed by atoms with Crippen LogP contribution in [0.2, 0.25) is 0 Å². The van der Waals surface area contributed by atoms with Crippen molar-refractivity contribution in [3.05, 3.63) is 57.0 Å². The number of rotatable bonds is 3. The number of hydrogen-bond donors (Lipinski definition) is 2. The molecule has 0 saturated heterocycles. The number of aromatic amines is 1. The summed E-state index contributed by atoms with van der Waals surface area (Å²) in [5.74, 6) is 0.339. The van der Waals surface area contributed by atoms with Crippen LogP contribution in [-0.4, -0.2) is 16.2 Å². The highest BCUT2D eigenvalue weighted by atomic mass is 16.1. The molecule has 0 amide bonds. The molecule has 0 bridgehead atoms. The molecule has 0 aliphatic heterocycles. The summed E-state index contributed by atoms with van der Waals surface area (Å²) in [5.41, 5.74) is 6.52. The van der Waals surface area contributed by atoms with Gasteiger partial charge in [-0.3, -0.25) is 9.78 Å². The predicted octanol–water partition coefficient (Wildman–Crippen LogP) is 2.14. The molecule has 0 unspecified atom stereocenters. The van der Waals surface area contributed by atoms with Crippen molar-refractivity contribution in [3.63, 3.8) is 0 Å². The third kappa shape index (κ3) is 3.51.